The van der Waals surface area contributed by atoms with Gasteiger partial charge in [0.25, 0.3) is 5.89 Å². The lowest BCUT2D eigenvalue weighted by Gasteiger charge is -2.36. The van der Waals surface area contributed by atoms with Crippen LogP contribution in [0.3, 0.4) is 0 Å². The summed E-state index contributed by atoms with van der Waals surface area (Å²) in [7, 11) is 0. The summed E-state index contributed by atoms with van der Waals surface area (Å²) >= 11 is 0. The Kier molecular flexibility index (Phi) is 4.55. The van der Waals surface area contributed by atoms with Crippen LogP contribution in [0.2, 0.25) is 0 Å². The highest BCUT2D eigenvalue weighted by atomic mass is 16.5. The third-order valence-corrected chi connectivity index (χ3v) is 4.41. The molecule has 2 aromatic rings. The minimum atomic E-state index is -0.331. The molecule has 1 saturated heterocycles. The highest BCUT2D eigenvalue weighted by Crippen LogP contribution is 2.24. The van der Waals surface area contributed by atoms with Gasteiger partial charge in [-0.15, -0.1) is 0 Å². The molecule has 1 N–H and O–H groups in total. The van der Waals surface area contributed by atoms with Crippen LogP contribution >= 0.6 is 0 Å². The maximum atomic E-state index is 9.94. The Balaban J connectivity index is 1.75. The molecule has 2 heterocycles. The summed E-state index contributed by atoms with van der Waals surface area (Å²) in [5, 5.41) is 14.1. The molecule has 1 fully saturated rings. The number of benzene rings is 1. The SMILES string of the molecule is Cc1ccccc1-c1nc(CN2CCCCC2C(C)O)no1. The van der Waals surface area contributed by atoms with Crippen LogP contribution in [0.15, 0.2) is 28.8 Å². The minimum Gasteiger partial charge on any atom is -0.392 e. The topological polar surface area (TPSA) is 62.4 Å². The molecule has 0 saturated carbocycles. The Morgan fingerprint density at radius 2 is 2.18 bits per heavy atom. The highest BCUT2D eigenvalue weighted by molar-refractivity contribution is 5.57. The Morgan fingerprint density at radius 3 is 2.95 bits per heavy atom. The lowest BCUT2D eigenvalue weighted by Crippen LogP contribution is -2.45. The van der Waals surface area contributed by atoms with Gasteiger partial charge in [0.2, 0.25) is 0 Å². The van der Waals surface area contributed by atoms with Gasteiger partial charge in [-0.3, -0.25) is 4.90 Å². The third-order valence-electron chi connectivity index (χ3n) is 4.41. The first-order valence-electron chi connectivity index (χ1n) is 7.96. The summed E-state index contributed by atoms with van der Waals surface area (Å²) < 4.78 is 5.42. The van der Waals surface area contributed by atoms with Gasteiger partial charge >= 0.3 is 0 Å². The van der Waals surface area contributed by atoms with Crippen molar-refractivity contribution in [3.63, 3.8) is 0 Å². The van der Waals surface area contributed by atoms with Crippen molar-refractivity contribution in [2.75, 3.05) is 6.54 Å². The van der Waals surface area contributed by atoms with E-state index in [2.05, 4.69) is 15.0 Å². The molecule has 22 heavy (non-hydrogen) atoms. The molecule has 2 unspecified atom stereocenters. The van der Waals surface area contributed by atoms with Crippen LogP contribution in [-0.2, 0) is 6.54 Å². The monoisotopic (exact) mass is 301 g/mol. The minimum absolute atomic E-state index is 0.189. The number of aromatic nitrogens is 2. The Morgan fingerprint density at radius 1 is 1.36 bits per heavy atom. The van der Waals surface area contributed by atoms with Crippen LogP contribution in [0.5, 0.6) is 0 Å². The van der Waals surface area contributed by atoms with Crippen molar-refractivity contribution in [1.29, 1.82) is 0 Å². The van der Waals surface area contributed by atoms with Gasteiger partial charge in [0.15, 0.2) is 5.82 Å². The van der Waals surface area contributed by atoms with Gasteiger partial charge in [0.1, 0.15) is 0 Å². The molecule has 118 valence electrons. The Labute approximate surface area is 131 Å². The summed E-state index contributed by atoms with van der Waals surface area (Å²) in [6.45, 7) is 5.50. The molecule has 0 radical (unpaired) electrons. The first kappa shape index (κ1) is 15.2. The molecular formula is C17H23N3O2. The summed E-state index contributed by atoms with van der Waals surface area (Å²) in [5.41, 5.74) is 2.10. The molecule has 2 atom stereocenters. The van der Waals surface area contributed by atoms with Gasteiger partial charge in [-0.05, 0) is 44.9 Å². The number of aliphatic hydroxyl groups excluding tert-OH is 1. The van der Waals surface area contributed by atoms with Gasteiger partial charge in [0, 0.05) is 11.6 Å². The standard InChI is InChI=1S/C17H23N3O2/c1-12-7-3-4-8-14(12)17-18-16(19-22-17)11-20-10-6-5-9-15(20)13(2)21/h3-4,7-8,13,15,21H,5-6,9-11H2,1-2H3. The lowest BCUT2D eigenvalue weighted by molar-refractivity contribution is 0.0298. The molecule has 5 heteroatoms. The third kappa shape index (κ3) is 3.20. The second-order valence-electron chi connectivity index (χ2n) is 6.10. The van der Waals surface area contributed by atoms with Crippen LogP contribution in [-0.4, -0.2) is 38.8 Å². The maximum Gasteiger partial charge on any atom is 0.258 e. The quantitative estimate of drug-likeness (QED) is 0.941. The zero-order valence-electron chi connectivity index (χ0n) is 13.2. The molecular weight excluding hydrogens is 278 g/mol. The number of nitrogens with zero attached hydrogens (tertiary/aromatic N) is 3. The van der Waals surface area contributed by atoms with Crippen molar-refractivity contribution >= 4 is 0 Å². The van der Waals surface area contributed by atoms with E-state index in [4.69, 9.17) is 4.52 Å². The molecule has 5 nitrogen and oxygen atoms in total. The fourth-order valence-electron chi connectivity index (χ4n) is 3.18. The zero-order chi connectivity index (χ0) is 15.5. The van der Waals surface area contributed by atoms with Crippen molar-refractivity contribution in [2.45, 2.75) is 51.8 Å². The van der Waals surface area contributed by atoms with Crippen molar-refractivity contribution in [2.24, 2.45) is 0 Å². The average Bonchev–Trinajstić information content (AvgIpc) is 2.96. The summed E-state index contributed by atoms with van der Waals surface area (Å²) in [6.07, 6.45) is 3.03. The number of hydrogen-bond donors (Lipinski definition) is 1. The number of aliphatic hydroxyl groups is 1. The van der Waals surface area contributed by atoms with Gasteiger partial charge < -0.3 is 9.63 Å². The van der Waals surface area contributed by atoms with E-state index in [-0.39, 0.29) is 12.1 Å². The molecule has 0 bridgehead atoms. The summed E-state index contributed by atoms with van der Waals surface area (Å²) in [6, 6.07) is 8.19. The molecule has 0 amide bonds. The van der Waals surface area contributed by atoms with Crippen molar-refractivity contribution < 1.29 is 9.63 Å². The van der Waals surface area contributed by atoms with Gasteiger partial charge in [0.05, 0.1) is 12.6 Å². The number of hydrogen-bond acceptors (Lipinski definition) is 5. The van der Waals surface area contributed by atoms with Crippen molar-refractivity contribution in [3.05, 3.63) is 35.7 Å². The van der Waals surface area contributed by atoms with Crippen molar-refractivity contribution in [3.8, 4) is 11.5 Å². The number of piperidine rings is 1. The van der Waals surface area contributed by atoms with E-state index in [1.54, 1.807) is 0 Å². The smallest absolute Gasteiger partial charge is 0.258 e. The lowest BCUT2D eigenvalue weighted by atomic mass is 9.98. The summed E-state index contributed by atoms with van der Waals surface area (Å²) in [4.78, 5) is 6.79. The second kappa shape index (κ2) is 6.58. The predicted molar refractivity (Wildman–Crippen MR) is 84.2 cm³/mol. The van der Waals surface area contributed by atoms with Crippen LogP contribution in [0.1, 0.15) is 37.6 Å². The van der Waals surface area contributed by atoms with Gasteiger partial charge in [-0.1, -0.05) is 29.8 Å². The Bertz CT molecular complexity index is 624. The molecule has 1 aromatic heterocycles. The van der Waals surface area contributed by atoms with Gasteiger partial charge in [-0.25, -0.2) is 0 Å². The van der Waals surface area contributed by atoms with E-state index in [9.17, 15) is 5.11 Å². The highest BCUT2D eigenvalue weighted by Gasteiger charge is 2.27. The second-order valence-corrected chi connectivity index (χ2v) is 6.10. The van der Waals surface area contributed by atoms with Gasteiger partial charge in [-0.2, -0.15) is 4.98 Å². The molecule has 1 aliphatic rings. The fraction of sp³-hybridized carbons (Fsp3) is 0.529. The largest absolute Gasteiger partial charge is 0.392 e. The number of rotatable bonds is 4. The number of likely N-dealkylation sites (tertiary alicyclic amines) is 1. The van der Waals surface area contributed by atoms with E-state index >= 15 is 0 Å². The van der Waals surface area contributed by atoms with E-state index < -0.39 is 0 Å². The van der Waals surface area contributed by atoms with Crippen molar-refractivity contribution in [1.82, 2.24) is 15.0 Å². The first-order chi connectivity index (χ1) is 10.6. The molecule has 3 rings (SSSR count). The fourth-order valence-corrected chi connectivity index (χ4v) is 3.18. The Hall–Kier alpha value is -1.72. The van der Waals surface area contributed by atoms with E-state index in [1.165, 1.54) is 6.42 Å². The van der Waals surface area contributed by atoms with E-state index in [0.717, 1.165) is 30.5 Å². The molecule has 0 spiro atoms. The zero-order valence-corrected chi connectivity index (χ0v) is 13.2. The normalized spacial score (nSPS) is 21.0. The molecule has 0 aliphatic carbocycles. The molecule has 1 aliphatic heterocycles. The van der Waals surface area contributed by atoms with E-state index in [1.807, 2.05) is 38.1 Å². The maximum absolute atomic E-state index is 9.94. The predicted octanol–water partition coefficient (Wildman–Crippen LogP) is 2.78. The first-order valence-corrected chi connectivity index (χ1v) is 7.96. The average molecular weight is 301 g/mol. The van der Waals surface area contributed by atoms with Crippen LogP contribution in [0.4, 0.5) is 0 Å². The van der Waals surface area contributed by atoms with E-state index in [0.29, 0.717) is 18.3 Å². The van der Waals surface area contributed by atoms with Crippen LogP contribution in [0, 0.1) is 6.92 Å². The number of aryl methyl sites for hydroxylation is 1. The van der Waals surface area contributed by atoms with Crippen LogP contribution < -0.4 is 0 Å². The van der Waals surface area contributed by atoms with Crippen LogP contribution in [0.25, 0.3) is 11.5 Å². The molecule has 1 aromatic carbocycles. The summed E-state index contributed by atoms with van der Waals surface area (Å²) in [5.74, 6) is 1.25.